The van der Waals surface area contributed by atoms with Crippen molar-refractivity contribution < 1.29 is 18.4 Å². The Morgan fingerprint density at radius 3 is 2.50 bits per heavy atom. The fraction of sp³-hybridized carbons (Fsp3) is 0.346. The zero-order valence-corrected chi connectivity index (χ0v) is 19.7. The first-order chi connectivity index (χ1) is 17.3. The van der Waals surface area contributed by atoms with E-state index in [9.17, 15) is 18.4 Å². The molecule has 36 heavy (non-hydrogen) atoms. The average molecular weight is 493 g/mol. The summed E-state index contributed by atoms with van der Waals surface area (Å²) in [7, 11) is 0. The van der Waals surface area contributed by atoms with E-state index in [2.05, 4.69) is 25.6 Å². The number of nitrogens with zero attached hydrogens (tertiary/aromatic N) is 4. The molecule has 10 heteroatoms. The summed E-state index contributed by atoms with van der Waals surface area (Å²) < 4.78 is 28.1. The topological polar surface area (TPSA) is 100 Å². The Kier molecular flexibility index (Phi) is 6.34. The van der Waals surface area contributed by atoms with E-state index in [0.717, 1.165) is 11.1 Å². The van der Waals surface area contributed by atoms with Gasteiger partial charge in [-0.05, 0) is 42.7 Å². The van der Waals surface area contributed by atoms with E-state index in [4.69, 9.17) is 0 Å². The molecule has 0 radical (unpaired) electrons. The Balaban J connectivity index is 1.23. The van der Waals surface area contributed by atoms with Crippen LogP contribution in [-0.2, 0) is 10.2 Å². The molecule has 186 valence electrons. The average Bonchev–Trinajstić information content (AvgIpc) is 2.83. The van der Waals surface area contributed by atoms with E-state index in [1.807, 2.05) is 6.07 Å². The number of alkyl halides is 1. The molecule has 5 rings (SSSR count). The number of pyridine rings is 1. The molecule has 3 heterocycles. The van der Waals surface area contributed by atoms with Crippen LogP contribution in [0.5, 0.6) is 0 Å². The zero-order valence-electron chi connectivity index (χ0n) is 19.7. The number of carbonyl (C=O) groups excluding carboxylic acids is 2. The lowest BCUT2D eigenvalue weighted by molar-refractivity contribution is -0.133. The van der Waals surface area contributed by atoms with Gasteiger partial charge in [0.05, 0.1) is 11.7 Å². The summed E-state index contributed by atoms with van der Waals surface area (Å²) in [4.78, 5) is 38.5. The lowest BCUT2D eigenvalue weighted by Gasteiger charge is -2.43. The predicted octanol–water partition coefficient (Wildman–Crippen LogP) is 3.12. The third-order valence-electron chi connectivity index (χ3n) is 6.84. The van der Waals surface area contributed by atoms with Crippen molar-refractivity contribution in [1.82, 2.24) is 25.2 Å². The second kappa shape index (κ2) is 9.60. The lowest BCUT2D eigenvalue weighted by atomic mass is 9.65. The molecule has 2 amide bonds. The number of anilines is 1. The standard InChI is InChI=1S/C26H26F2N6O2/c1-16(35)34-13-21(14-34)33-24(36)18-5-2-4-17(8-18)19-11-30-25(31-12-19)32-15-26(9-20(27)10-26)23-22(28)6-3-7-29-23/h2-8,11-12,20-21H,9-10,13-15H2,1H3,(H,33,36)(H,30,31,32)/t20-,26-. The van der Waals surface area contributed by atoms with Crippen LogP contribution in [0.2, 0.25) is 0 Å². The van der Waals surface area contributed by atoms with Crippen molar-refractivity contribution >= 4 is 17.8 Å². The van der Waals surface area contributed by atoms with Gasteiger partial charge in [0.2, 0.25) is 11.9 Å². The number of halogens is 2. The molecular formula is C26H26F2N6O2. The molecule has 2 N–H and O–H groups in total. The zero-order chi connectivity index (χ0) is 25.3. The Bertz CT molecular complexity index is 1270. The lowest BCUT2D eigenvalue weighted by Crippen LogP contribution is -2.60. The summed E-state index contributed by atoms with van der Waals surface area (Å²) in [6.45, 7) is 2.81. The monoisotopic (exact) mass is 492 g/mol. The van der Waals surface area contributed by atoms with E-state index >= 15 is 0 Å². The minimum absolute atomic E-state index is 0.00112. The minimum atomic E-state index is -0.988. The van der Waals surface area contributed by atoms with Gasteiger partial charge in [0.1, 0.15) is 12.0 Å². The van der Waals surface area contributed by atoms with Gasteiger partial charge in [-0.2, -0.15) is 0 Å². The number of hydrogen-bond donors (Lipinski definition) is 2. The van der Waals surface area contributed by atoms with Gasteiger partial charge in [-0.25, -0.2) is 18.7 Å². The molecule has 0 unspecified atom stereocenters. The minimum Gasteiger partial charge on any atom is -0.353 e. The molecule has 1 saturated heterocycles. The Labute approximate surface area is 207 Å². The molecule has 3 aromatic rings. The highest BCUT2D eigenvalue weighted by atomic mass is 19.1. The quantitative estimate of drug-likeness (QED) is 0.526. The van der Waals surface area contributed by atoms with Crippen LogP contribution < -0.4 is 10.6 Å². The van der Waals surface area contributed by atoms with Crippen LogP contribution in [0.15, 0.2) is 55.0 Å². The van der Waals surface area contributed by atoms with Gasteiger partial charge in [0.25, 0.3) is 5.91 Å². The van der Waals surface area contributed by atoms with Crippen molar-refractivity contribution in [3.05, 3.63) is 72.1 Å². The van der Waals surface area contributed by atoms with Crippen LogP contribution in [0.4, 0.5) is 14.7 Å². The van der Waals surface area contributed by atoms with Crippen molar-refractivity contribution in [3.63, 3.8) is 0 Å². The number of hydrogen-bond acceptors (Lipinski definition) is 6. The number of carbonyl (C=O) groups is 2. The maximum absolute atomic E-state index is 14.3. The number of likely N-dealkylation sites (tertiary alicyclic amines) is 1. The van der Waals surface area contributed by atoms with Crippen LogP contribution >= 0.6 is 0 Å². The van der Waals surface area contributed by atoms with E-state index in [-0.39, 0.29) is 42.9 Å². The van der Waals surface area contributed by atoms with Gasteiger partial charge in [0.15, 0.2) is 0 Å². The van der Waals surface area contributed by atoms with Crippen LogP contribution in [0.1, 0.15) is 35.8 Å². The largest absolute Gasteiger partial charge is 0.353 e. The molecule has 1 aliphatic heterocycles. The van der Waals surface area contributed by atoms with E-state index < -0.39 is 17.4 Å². The Morgan fingerprint density at radius 2 is 1.83 bits per heavy atom. The summed E-state index contributed by atoms with van der Waals surface area (Å²) in [5.74, 6) is -0.313. The molecule has 0 spiro atoms. The molecule has 2 aromatic heterocycles. The van der Waals surface area contributed by atoms with Crippen LogP contribution in [0.25, 0.3) is 11.1 Å². The SMILES string of the molecule is CC(=O)N1CC(NC(=O)c2cccc(-c3cnc(NC[C@]4(c5ncccc5F)C[C@H](F)C4)nc3)c2)C1. The second-order valence-electron chi connectivity index (χ2n) is 9.44. The van der Waals surface area contributed by atoms with Gasteiger partial charge in [0, 0.05) is 61.7 Å². The normalized spacial score (nSPS) is 21.3. The van der Waals surface area contributed by atoms with Gasteiger partial charge in [-0.1, -0.05) is 12.1 Å². The van der Waals surface area contributed by atoms with Gasteiger partial charge in [-0.15, -0.1) is 0 Å². The molecular weight excluding hydrogens is 466 g/mol. The first-order valence-corrected chi connectivity index (χ1v) is 11.8. The molecule has 1 aromatic carbocycles. The molecule has 1 aliphatic carbocycles. The van der Waals surface area contributed by atoms with E-state index in [0.29, 0.717) is 24.6 Å². The highest BCUT2D eigenvalue weighted by Gasteiger charge is 2.48. The van der Waals surface area contributed by atoms with E-state index in [1.54, 1.807) is 35.5 Å². The van der Waals surface area contributed by atoms with Gasteiger partial charge < -0.3 is 15.5 Å². The highest BCUT2D eigenvalue weighted by Crippen LogP contribution is 2.45. The van der Waals surface area contributed by atoms with Gasteiger partial charge >= 0.3 is 0 Å². The van der Waals surface area contributed by atoms with Crippen molar-refractivity contribution in [1.29, 1.82) is 0 Å². The summed E-state index contributed by atoms with van der Waals surface area (Å²) in [5.41, 5.74) is 1.52. The summed E-state index contributed by atoms with van der Waals surface area (Å²) >= 11 is 0. The van der Waals surface area contributed by atoms with E-state index in [1.165, 1.54) is 25.3 Å². The van der Waals surface area contributed by atoms with Gasteiger partial charge in [-0.3, -0.25) is 14.6 Å². The predicted molar refractivity (Wildman–Crippen MR) is 129 cm³/mol. The maximum atomic E-state index is 14.3. The fourth-order valence-corrected chi connectivity index (χ4v) is 4.74. The molecule has 1 saturated carbocycles. The third-order valence-corrected chi connectivity index (χ3v) is 6.84. The number of rotatable bonds is 7. The first kappa shape index (κ1) is 23.8. The van der Waals surface area contributed by atoms with Crippen molar-refractivity contribution in [3.8, 4) is 11.1 Å². The van der Waals surface area contributed by atoms with Crippen LogP contribution in [-0.4, -0.2) is 63.5 Å². The Hall–Kier alpha value is -3.95. The Morgan fingerprint density at radius 1 is 1.08 bits per heavy atom. The van der Waals surface area contributed by atoms with Crippen LogP contribution in [0.3, 0.4) is 0 Å². The molecule has 2 aliphatic rings. The fourth-order valence-electron chi connectivity index (χ4n) is 4.74. The maximum Gasteiger partial charge on any atom is 0.251 e. The summed E-state index contributed by atoms with van der Waals surface area (Å²) in [5, 5.41) is 6.04. The molecule has 0 atom stereocenters. The number of aromatic nitrogens is 3. The second-order valence-corrected chi connectivity index (χ2v) is 9.44. The van der Waals surface area contributed by atoms with Crippen LogP contribution in [0, 0.1) is 5.82 Å². The summed E-state index contributed by atoms with van der Waals surface area (Å²) in [6.07, 6.45) is 4.17. The molecule has 0 bridgehead atoms. The van der Waals surface area contributed by atoms with Crippen molar-refractivity contribution in [2.24, 2.45) is 0 Å². The number of nitrogens with one attached hydrogen (secondary N) is 2. The smallest absolute Gasteiger partial charge is 0.251 e. The highest BCUT2D eigenvalue weighted by molar-refractivity contribution is 5.95. The third kappa shape index (κ3) is 4.75. The number of benzene rings is 1. The van der Waals surface area contributed by atoms with Crippen molar-refractivity contribution in [2.75, 3.05) is 25.0 Å². The number of amides is 2. The molecule has 2 fully saturated rings. The summed E-state index contributed by atoms with van der Waals surface area (Å²) in [6, 6.07) is 9.93. The molecule has 8 nitrogen and oxygen atoms in total. The first-order valence-electron chi connectivity index (χ1n) is 11.8. The van der Waals surface area contributed by atoms with Crippen molar-refractivity contribution in [2.45, 2.75) is 37.4 Å².